The molecule has 1 fully saturated rings. The number of ether oxygens (including phenoxy) is 2. The average Bonchev–Trinajstić information content (AvgIpc) is 2.43. The number of alkyl halides is 2. The summed E-state index contributed by atoms with van der Waals surface area (Å²) in [5, 5.41) is 3.41. The summed E-state index contributed by atoms with van der Waals surface area (Å²) in [6, 6.07) is 3.22. The van der Waals surface area contributed by atoms with Gasteiger partial charge >= 0.3 is 6.61 Å². The summed E-state index contributed by atoms with van der Waals surface area (Å²) in [6.45, 7) is -2.96. The van der Waals surface area contributed by atoms with E-state index in [1.54, 1.807) is 7.11 Å². The van der Waals surface area contributed by atoms with Crippen molar-refractivity contribution in [3.8, 4) is 5.75 Å². The van der Waals surface area contributed by atoms with Gasteiger partial charge in [0.15, 0.2) is 5.75 Å². The van der Waals surface area contributed by atoms with Crippen molar-refractivity contribution in [2.75, 3.05) is 12.4 Å². The fourth-order valence-electron chi connectivity index (χ4n) is 2.60. The molecule has 0 saturated heterocycles. The molecule has 1 aliphatic carbocycles. The van der Waals surface area contributed by atoms with E-state index < -0.39 is 6.61 Å². The van der Waals surface area contributed by atoms with Crippen molar-refractivity contribution >= 4 is 28.9 Å². The minimum atomic E-state index is -2.96. The molecule has 2 rings (SSSR count). The predicted octanol–water partition coefficient (Wildman–Crippen LogP) is 4.96. The summed E-state index contributed by atoms with van der Waals surface area (Å²) >= 11 is 11.9. The second-order valence-electron chi connectivity index (χ2n) is 4.96. The van der Waals surface area contributed by atoms with E-state index in [0.29, 0.717) is 5.69 Å². The molecule has 0 radical (unpaired) electrons. The van der Waals surface area contributed by atoms with Crippen LogP contribution in [-0.4, -0.2) is 25.9 Å². The third kappa shape index (κ3) is 4.34. The van der Waals surface area contributed by atoms with Crippen LogP contribution in [0.1, 0.15) is 25.7 Å². The van der Waals surface area contributed by atoms with E-state index >= 15 is 0 Å². The Morgan fingerprint density at radius 1 is 1.19 bits per heavy atom. The fraction of sp³-hybridized carbons (Fsp3) is 0.571. The highest BCUT2D eigenvalue weighted by Crippen LogP contribution is 2.37. The van der Waals surface area contributed by atoms with Crippen molar-refractivity contribution < 1.29 is 18.3 Å². The SMILES string of the molecule is COC1CCCCC1Nc1cc(Cl)c(OC(F)F)c(Cl)c1. The number of rotatable bonds is 5. The predicted molar refractivity (Wildman–Crippen MR) is 79.8 cm³/mol. The molecule has 0 spiro atoms. The summed E-state index contributed by atoms with van der Waals surface area (Å²) in [7, 11) is 1.68. The second kappa shape index (κ2) is 7.47. The zero-order valence-electron chi connectivity index (χ0n) is 11.5. The molecule has 21 heavy (non-hydrogen) atoms. The van der Waals surface area contributed by atoms with Crippen molar-refractivity contribution in [3.05, 3.63) is 22.2 Å². The maximum atomic E-state index is 12.3. The highest BCUT2D eigenvalue weighted by Gasteiger charge is 2.25. The van der Waals surface area contributed by atoms with Gasteiger partial charge in [-0.25, -0.2) is 0 Å². The van der Waals surface area contributed by atoms with Gasteiger partial charge in [0.05, 0.1) is 22.2 Å². The standard InChI is InChI=1S/C14H17Cl2F2NO2/c1-20-12-5-3-2-4-11(12)19-8-6-9(15)13(10(16)7-8)21-14(17)18/h6-7,11-12,14,19H,2-5H2,1H3. The van der Waals surface area contributed by atoms with Gasteiger partial charge in [-0.3, -0.25) is 0 Å². The Morgan fingerprint density at radius 2 is 1.81 bits per heavy atom. The first-order chi connectivity index (χ1) is 10.0. The van der Waals surface area contributed by atoms with Crippen LogP contribution in [0.15, 0.2) is 12.1 Å². The molecule has 1 saturated carbocycles. The fourth-order valence-corrected chi connectivity index (χ4v) is 3.18. The maximum Gasteiger partial charge on any atom is 0.387 e. The molecule has 1 N–H and O–H groups in total. The van der Waals surface area contributed by atoms with E-state index in [9.17, 15) is 8.78 Å². The number of benzene rings is 1. The second-order valence-corrected chi connectivity index (χ2v) is 5.77. The Balaban J connectivity index is 2.13. The highest BCUT2D eigenvalue weighted by molar-refractivity contribution is 6.37. The van der Waals surface area contributed by atoms with Crippen LogP contribution in [0.5, 0.6) is 5.75 Å². The van der Waals surface area contributed by atoms with E-state index in [1.165, 1.54) is 12.1 Å². The van der Waals surface area contributed by atoms with Gasteiger partial charge < -0.3 is 14.8 Å². The Kier molecular flexibility index (Phi) is 5.90. The lowest BCUT2D eigenvalue weighted by molar-refractivity contribution is -0.0497. The van der Waals surface area contributed by atoms with Crippen LogP contribution in [0.3, 0.4) is 0 Å². The topological polar surface area (TPSA) is 30.5 Å². The molecule has 3 nitrogen and oxygen atoms in total. The number of nitrogens with one attached hydrogen (secondary N) is 1. The summed E-state index contributed by atoms with van der Waals surface area (Å²) < 4.78 is 34.3. The number of hydrogen-bond acceptors (Lipinski definition) is 3. The zero-order chi connectivity index (χ0) is 15.4. The first-order valence-electron chi connectivity index (χ1n) is 6.74. The van der Waals surface area contributed by atoms with Crippen LogP contribution in [0.4, 0.5) is 14.5 Å². The summed E-state index contributed by atoms with van der Waals surface area (Å²) in [6.07, 6.45) is 4.34. The van der Waals surface area contributed by atoms with Crippen molar-refractivity contribution in [2.24, 2.45) is 0 Å². The molecule has 2 atom stereocenters. The quantitative estimate of drug-likeness (QED) is 0.821. The van der Waals surface area contributed by atoms with Crippen molar-refractivity contribution in [3.63, 3.8) is 0 Å². The molecule has 0 aliphatic heterocycles. The molecule has 1 aromatic rings. The molecular weight excluding hydrogens is 323 g/mol. The number of methoxy groups -OCH3 is 1. The van der Waals surface area contributed by atoms with Crippen molar-refractivity contribution in [2.45, 2.75) is 44.4 Å². The van der Waals surface area contributed by atoms with Crippen molar-refractivity contribution in [1.82, 2.24) is 0 Å². The summed E-state index contributed by atoms with van der Waals surface area (Å²) in [5.74, 6) is -0.203. The lowest BCUT2D eigenvalue weighted by Crippen LogP contribution is -2.37. The van der Waals surface area contributed by atoms with Gasteiger partial charge in [-0.15, -0.1) is 0 Å². The molecule has 1 aromatic carbocycles. The Morgan fingerprint density at radius 3 is 2.38 bits per heavy atom. The average molecular weight is 340 g/mol. The zero-order valence-corrected chi connectivity index (χ0v) is 13.1. The summed E-state index contributed by atoms with van der Waals surface area (Å²) in [5.41, 5.74) is 0.667. The molecule has 0 aromatic heterocycles. The molecule has 0 bridgehead atoms. The Hall–Kier alpha value is -0.780. The van der Waals surface area contributed by atoms with Gasteiger partial charge in [0.1, 0.15) is 0 Å². The number of halogens is 4. The smallest absolute Gasteiger partial charge is 0.387 e. The molecule has 7 heteroatoms. The number of hydrogen-bond donors (Lipinski definition) is 1. The van der Waals surface area contributed by atoms with Crippen LogP contribution in [0.25, 0.3) is 0 Å². The normalized spacial score (nSPS) is 22.4. The molecule has 118 valence electrons. The van der Waals surface area contributed by atoms with E-state index in [4.69, 9.17) is 27.9 Å². The largest absolute Gasteiger partial charge is 0.432 e. The van der Waals surface area contributed by atoms with E-state index in [1.807, 2.05) is 0 Å². The monoisotopic (exact) mass is 339 g/mol. The Bertz CT molecular complexity index is 465. The minimum Gasteiger partial charge on any atom is -0.432 e. The van der Waals surface area contributed by atoms with Crippen LogP contribution in [0.2, 0.25) is 10.0 Å². The highest BCUT2D eigenvalue weighted by atomic mass is 35.5. The lowest BCUT2D eigenvalue weighted by Gasteiger charge is -2.32. The van der Waals surface area contributed by atoms with E-state index in [2.05, 4.69) is 10.1 Å². The van der Waals surface area contributed by atoms with Crippen LogP contribution in [0, 0.1) is 0 Å². The van der Waals surface area contributed by atoms with Gasteiger partial charge in [0, 0.05) is 12.8 Å². The maximum absolute atomic E-state index is 12.3. The van der Waals surface area contributed by atoms with Gasteiger partial charge in [0.25, 0.3) is 0 Å². The molecule has 1 aliphatic rings. The van der Waals surface area contributed by atoms with E-state index in [-0.39, 0.29) is 27.9 Å². The van der Waals surface area contributed by atoms with Crippen LogP contribution in [-0.2, 0) is 4.74 Å². The van der Waals surface area contributed by atoms with Gasteiger partial charge in [-0.2, -0.15) is 8.78 Å². The van der Waals surface area contributed by atoms with Crippen LogP contribution < -0.4 is 10.1 Å². The third-order valence-corrected chi connectivity index (χ3v) is 4.12. The number of anilines is 1. The lowest BCUT2D eigenvalue weighted by atomic mass is 9.92. The third-order valence-electron chi connectivity index (χ3n) is 3.56. The minimum absolute atomic E-state index is 0.0510. The van der Waals surface area contributed by atoms with Gasteiger partial charge in [-0.05, 0) is 25.0 Å². The first-order valence-corrected chi connectivity index (χ1v) is 7.50. The first kappa shape index (κ1) is 16.6. The van der Waals surface area contributed by atoms with E-state index in [0.717, 1.165) is 25.7 Å². The van der Waals surface area contributed by atoms with Crippen molar-refractivity contribution in [1.29, 1.82) is 0 Å². The molecule has 0 amide bonds. The van der Waals surface area contributed by atoms with Crippen LogP contribution >= 0.6 is 23.2 Å². The van der Waals surface area contributed by atoms with Gasteiger partial charge in [-0.1, -0.05) is 36.0 Å². The molecule has 2 unspecified atom stereocenters. The molecular formula is C14H17Cl2F2NO2. The molecule has 0 heterocycles. The summed E-state index contributed by atoms with van der Waals surface area (Å²) in [4.78, 5) is 0. The van der Waals surface area contributed by atoms with Gasteiger partial charge in [0.2, 0.25) is 0 Å². The Labute approximate surface area is 132 Å².